The van der Waals surface area contributed by atoms with E-state index in [1.807, 2.05) is 0 Å². The highest BCUT2D eigenvalue weighted by atomic mass is 19.4. The van der Waals surface area contributed by atoms with Crippen molar-refractivity contribution in [2.75, 3.05) is 7.11 Å². The highest BCUT2D eigenvalue weighted by Crippen LogP contribution is 2.34. The van der Waals surface area contributed by atoms with E-state index in [9.17, 15) is 18.0 Å². The minimum atomic E-state index is -4.53. The number of ether oxygens (including phenoxy) is 1. The number of hydrogen-bond donors (Lipinski definition) is 2. The summed E-state index contributed by atoms with van der Waals surface area (Å²) in [7, 11) is 1.29. The molecule has 1 aromatic rings. The number of nitrogens with one attached hydrogen (secondary N) is 1. The van der Waals surface area contributed by atoms with E-state index in [1.165, 1.54) is 19.2 Å². The first kappa shape index (κ1) is 18.3. The smallest absolute Gasteiger partial charge is 0.416 e. The first-order chi connectivity index (χ1) is 9.96. The molecule has 0 saturated carbocycles. The maximum atomic E-state index is 13.0. The molecule has 0 unspecified atom stereocenters. The van der Waals surface area contributed by atoms with Gasteiger partial charge in [0.1, 0.15) is 5.75 Å². The molecule has 0 bridgehead atoms. The third-order valence-corrected chi connectivity index (χ3v) is 3.29. The summed E-state index contributed by atoms with van der Waals surface area (Å²) < 4.78 is 43.9. The third kappa shape index (κ3) is 4.62. The van der Waals surface area contributed by atoms with Gasteiger partial charge in [-0.3, -0.25) is 4.79 Å². The second kappa shape index (κ2) is 6.56. The fourth-order valence-corrected chi connectivity index (χ4v) is 1.79. The lowest BCUT2D eigenvalue weighted by Crippen LogP contribution is -2.48. The van der Waals surface area contributed by atoms with E-state index in [1.54, 1.807) is 20.8 Å². The maximum Gasteiger partial charge on any atom is 0.416 e. The molecule has 4 nitrogen and oxygen atoms in total. The highest BCUT2D eigenvalue weighted by molar-refractivity contribution is 5.82. The molecule has 0 saturated heterocycles. The van der Waals surface area contributed by atoms with E-state index in [0.29, 0.717) is 0 Å². The molecule has 7 heteroatoms. The van der Waals surface area contributed by atoms with E-state index in [2.05, 4.69) is 5.32 Å². The molecule has 1 aromatic carbocycles. The zero-order valence-corrected chi connectivity index (χ0v) is 13.0. The Morgan fingerprint density at radius 3 is 2.36 bits per heavy atom. The van der Waals surface area contributed by atoms with Gasteiger partial charge < -0.3 is 15.8 Å². The summed E-state index contributed by atoms with van der Waals surface area (Å²) in [5, 5.41) is 2.45. The summed E-state index contributed by atoms with van der Waals surface area (Å²) in [4.78, 5) is 11.9. The number of alkyl halides is 3. The topological polar surface area (TPSA) is 64.3 Å². The Kier molecular flexibility index (Phi) is 5.45. The van der Waals surface area contributed by atoms with Gasteiger partial charge in [-0.1, -0.05) is 26.8 Å². The second-order valence-corrected chi connectivity index (χ2v) is 6.08. The molecule has 0 aliphatic rings. The Morgan fingerprint density at radius 2 is 1.91 bits per heavy atom. The molecule has 3 N–H and O–H groups in total. The molecule has 22 heavy (non-hydrogen) atoms. The average molecular weight is 318 g/mol. The van der Waals surface area contributed by atoms with E-state index < -0.39 is 29.1 Å². The lowest BCUT2D eigenvalue weighted by molar-refractivity contribution is -0.138. The number of nitrogens with two attached hydrogens (primary N) is 1. The number of methoxy groups -OCH3 is 1. The minimum absolute atomic E-state index is 0.0391. The lowest BCUT2D eigenvalue weighted by atomic mass is 9.87. The molecule has 124 valence electrons. The van der Waals surface area contributed by atoms with Crippen LogP contribution in [0.3, 0.4) is 0 Å². The van der Waals surface area contributed by atoms with Crippen LogP contribution in [0.2, 0.25) is 0 Å². The summed E-state index contributed by atoms with van der Waals surface area (Å²) in [6, 6.07) is 2.80. The van der Waals surface area contributed by atoms with E-state index in [0.717, 1.165) is 6.07 Å². The Balaban J connectivity index is 2.93. The molecular weight excluding hydrogens is 297 g/mol. The van der Waals surface area contributed by atoms with Crippen LogP contribution in [0, 0.1) is 5.41 Å². The highest BCUT2D eigenvalue weighted by Gasteiger charge is 2.34. The predicted octanol–water partition coefficient (Wildman–Crippen LogP) is 2.70. The Labute approximate surface area is 127 Å². The first-order valence-corrected chi connectivity index (χ1v) is 6.74. The normalized spacial score (nSPS) is 13.6. The molecule has 1 amide bonds. The van der Waals surface area contributed by atoms with Crippen molar-refractivity contribution in [1.29, 1.82) is 0 Å². The van der Waals surface area contributed by atoms with Gasteiger partial charge in [-0.15, -0.1) is 0 Å². The molecular formula is C15H21F3N2O2. The van der Waals surface area contributed by atoms with Crippen molar-refractivity contribution >= 4 is 5.91 Å². The summed E-state index contributed by atoms with van der Waals surface area (Å²) >= 11 is 0. The number of amides is 1. The van der Waals surface area contributed by atoms with E-state index in [4.69, 9.17) is 10.5 Å². The third-order valence-electron chi connectivity index (χ3n) is 3.29. The Morgan fingerprint density at radius 1 is 1.32 bits per heavy atom. The van der Waals surface area contributed by atoms with Gasteiger partial charge in [0.2, 0.25) is 5.91 Å². The van der Waals surface area contributed by atoms with Crippen LogP contribution in [0.15, 0.2) is 18.2 Å². The van der Waals surface area contributed by atoms with Crippen molar-refractivity contribution in [3.05, 3.63) is 29.3 Å². The SMILES string of the molecule is COc1ccc(CNC(=O)[C@@H](N)C(C)(C)C)c(C(F)(F)F)c1. The van der Waals surface area contributed by atoms with Crippen molar-refractivity contribution in [2.24, 2.45) is 11.1 Å². The van der Waals surface area contributed by atoms with Gasteiger partial charge in [-0.25, -0.2) is 0 Å². The predicted molar refractivity (Wildman–Crippen MR) is 77.3 cm³/mol. The first-order valence-electron chi connectivity index (χ1n) is 6.74. The molecule has 0 aromatic heterocycles. The van der Waals surface area contributed by atoms with E-state index >= 15 is 0 Å². The molecule has 1 atom stereocenters. The van der Waals surface area contributed by atoms with Gasteiger partial charge in [-0.05, 0) is 23.1 Å². The standard InChI is InChI=1S/C15H21F3N2O2/c1-14(2,3)12(19)13(21)20-8-9-5-6-10(22-4)7-11(9)15(16,17)18/h5-7,12H,8,19H2,1-4H3,(H,20,21)/t12-/m1/s1. The Bertz CT molecular complexity index is 537. The van der Waals surface area contributed by atoms with Gasteiger partial charge >= 0.3 is 6.18 Å². The molecule has 0 aliphatic heterocycles. The quantitative estimate of drug-likeness (QED) is 0.897. The van der Waals surface area contributed by atoms with Gasteiger partial charge in [0.25, 0.3) is 0 Å². The Hall–Kier alpha value is -1.76. The van der Waals surface area contributed by atoms with Crippen molar-refractivity contribution < 1.29 is 22.7 Å². The zero-order chi connectivity index (χ0) is 17.1. The van der Waals surface area contributed by atoms with Crippen molar-refractivity contribution in [3.63, 3.8) is 0 Å². The number of hydrogen-bond acceptors (Lipinski definition) is 3. The second-order valence-electron chi connectivity index (χ2n) is 6.08. The zero-order valence-electron chi connectivity index (χ0n) is 13.0. The van der Waals surface area contributed by atoms with Crippen LogP contribution in [-0.2, 0) is 17.5 Å². The van der Waals surface area contributed by atoms with Crippen molar-refractivity contribution in [1.82, 2.24) is 5.32 Å². The fraction of sp³-hybridized carbons (Fsp3) is 0.533. The molecule has 0 spiro atoms. The number of rotatable bonds is 4. The molecule has 0 aliphatic carbocycles. The summed E-state index contributed by atoms with van der Waals surface area (Å²) in [6.45, 7) is 5.10. The average Bonchev–Trinajstić information content (AvgIpc) is 2.41. The number of carbonyl (C=O) groups is 1. The van der Waals surface area contributed by atoms with Crippen LogP contribution in [0.5, 0.6) is 5.75 Å². The van der Waals surface area contributed by atoms with Gasteiger partial charge in [0, 0.05) is 6.54 Å². The largest absolute Gasteiger partial charge is 0.497 e. The van der Waals surface area contributed by atoms with Crippen LogP contribution in [0.25, 0.3) is 0 Å². The number of benzene rings is 1. The monoisotopic (exact) mass is 318 g/mol. The minimum Gasteiger partial charge on any atom is -0.497 e. The fourth-order valence-electron chi connectivity index (χ4n) is 1.79. The number of halogens is 3. The maximum absolute atomic E-state index is 13.0. The summed E-state index contributed by atoms with van der Waals surface area (Å²) in [5.41, 5.74) is 4.42. The molecule has 1 rings (SSSR count). The van der Waals surface area contributed by atoms with Crippen LogP contribution >= 0.6 is 0 Å². The molecule has 0 radical (unpaired) electrons. The van der Waals surface area contributed by atoms with Crippen LogP contribution in [0.1, 0.15) is 31.9 Å². The van der Waals surface area contributed by atoms with Crippen molar-refractivity contribution in [3.8, 4) is 5.75 Å². The summed E-state index contributed by atoms with van der Waals surface area (Å²) in [6.07, 6.45) is -4.53. The summed E-state index contributed by atoms with van der Waals surface area (Å²) in [5.74, 6) is -0.384. The van der Waals surface area contributed by atoms with Crippen LogP contribution in [0.4, 0.5) is 13.2 Å². The van der Waals surface area contributed by atoms with Crippen LogP contribution in [-0.4, -0.2) is 19.1 Å². The van der Waals surface area contributed by atoms with Gasteiger partial charge in [0.15, 0.2) is 0 Å². The van der Waals surface area contributed by atoms with E-state index in [-0.39, 0.29) is 17.9 Å². The van der Waals surface area contributed by atoms with Gasteiger partial charge in [-0.2, -0.15) is 13.2 Å². The van der Waals surface area contributed by atoms with Crippen LogP contribution < -0.4 is 15.8 Å². The molecule has 0 fully saturated rings. The van der Waals surface area contributed by atoms with Crippen molar-refractivity contribution in [2.45, 2.75) is 39.5 Å². The number of carbonyl (C=O) groups excluding carboxylic acids is 1. The van der Waals surface area contributed by atoms with Gasteiger partial charge in [0.05, 0.1) is 18.7 Å². The lowest BCUT2D eigenvalue weighted by Gasteiger charge is -2.26. The molecule has 0 heterocycles.